The van der Waals surface area contributed by atoms with Crippen molar-refractivity contribution in [3.05, 3.63) is 193 Å². The van der Waals surface area contributed by atoms with Gasteiger partial charge in [0.25, 0.3) is 0 Å². The third-order valence-electron chi connectivity index (χ3n) is 14.7. The summed E-state index contributed by atoms with van der Waals surface area (Å²) >= 11 is 0. The fourth-order valence-corrected chi connectivity index (χ4v) is 12.0. The minimum atomic E-state index is -0.119. The average Bonchev–Trinajstić information content (AvgIpc) is 3.68. The van der Waals surface area contributed by atoms with Gasteiger partial charge in [0.15, 0.2) is 34.9 Å². The summed E-state index contributed by atoms with van der Waals surface area (Å²) in [5, 5.41) is 11.2. The van der Waals surface area contributed by atoms with Crippen molar-refractivity contribution in [1.29, 1.82) is 5.26 Å². The van der Waals surface area contributed by atoms with E-state index < -0.39 is 0 Å². The number of rotatable bonds is 7. The second kappa shape index (κ2) is 16.5. The topological polar surface area (TPSA) is 101 Å². The number of hydrogen-bond acceptors (Lipinski definition) is 7. The van der Waals surface area contributed by atoms with Crippen molar-refractivity contribution in [2.45, 2.75) is 44.9 Å². The van der Waals surface area contributed by atoms with Crippen molar-refractivity contribution >= 4 is 0 Å². The first-order valence-corrected chi connectivity index (χ1v) is 23.5. The van der Waals surface area contributed by atoms with Crippen LogP contribution in [-0.4, -0.2) is 29.9 Å². The third kappa shape index (κ3) is 6.94. The molecule has 2 aromatic heterocycles. The van der Waals surface area contributed by atoms with Gasteiger partial charge in [0.05, 0.1) is 11.6 Å². The Bertz CT molecular complexity index is 3250. The van der Waals surface area contributed by atoms with Crippen LogP contribution in [0.25, 0.3) is 90.6 Å². The number of hydrogen-bond donors (Lipinski definition) is 0. The van der Waals surface area contributed by atoms with Crippen LogP contribution in [0.4, 0.5) is 0 Å². The molecule has 2 saturated carbocycles. The van der Waals surface area contributed by atoms with Gasteiger partial charge in [0.2, 0.25) is 0 Å². The molecule has 12 rings (SSSR count). The predicted molar refractivity (Wildman–Crippen MR) is 266 cm³/mol. The first kappa shape index (κ1) is 40.6. The molecule has 0 N–H and O–H groups in total. The zero-order chi connectivity index (χ0) is 45.1. The maximum absolute atomic E-state index is 11.2. The fourth-order valence-electron chi connectivity index (χ4n) is 12.0. The summed E-state index contributed by atoms with van der Waals surface area (Å²) in [7, 11) is 0. The van der Waals surface area contributed by atoms with E-state index in [2.05, 4.69) is 62.4 Å². The molecular weight excluding hydrogens is 819 g/mol. The summed E-state index contributed by atoms with van der Waals surface area (Å²) in [4.78, 5) is 30.9. The molecule has 1 spiro atoms. The Morgan fingerprint density at radius 3 is 1.42 bits per heavy atom. The van der Waals surface area contributed by atoms with Gasteiger partial charge in [0, 0.05) is 38.8 Å². The van der Waals surface area contributed by atoms with Crippen LogP contribution in [0.1, 0.15) is 56.2 Å². The molecule has 67 heavy (non-hydrogen) atoms. The van der Waals surface area contributed by atoms with E-state index in [-0.39, 0.29) is 5.41 Å². The second-order valence-corrected chi connectivity index (χ2v) is 18.8. The molecule has 322 valence electrons. The summed E-state index contributed by atoms with van der Waals surface area (Å²) in [5.74, 6) is 5.46. The molecule has 0 saturated heterocycles. The van der Waals surface area contributed by atoms with Crippen LogP contribution >= 0.6 is 0 Å². The van der Waals surface area contributed by atoms with Crippen LogP contribution < -0.4 is 0 Å². The Morgan fingerprint density at radius 1 is 0.403 bits per heavy atom. The first-order chi connectivity index (χ1) is 32.9. The fraction of sp³-hybridized carbons (Fsp3) is 0.183. The summed E-state index contributed by atoms with van der Waals surface area (Å²) in [5.41, 5.74) is 12.5. The van der Waals surface area contributed by atoms with Gasteiger partial charge >= 0.3 is 0 Å². The summed E-state index contributed by atoms with van der Waals surface area (Å²) in [6.07, 6.45) is 5.01. The highest BCUT2D eigenvalue weighted by molar-refractivity contribution is 5.91. The van der Waals surface area contributed by atoms with Crippen molar-refractivity contribution in [1.82, 2.24) is 29.9 Å². The van der Waals surface area contributed by atoms with Crippen LogP contribution in [0.15, 0.2) is 176 Å². The molecule has 2 bridgehead atoms. The number of aromatic nitrogens is 6. The van der Waals surface area contributed by atoms with E-state index in [4.69, 9.17) is 29.9 Å². The Balaban J connectivity index is 1.13. The van der Waals surface area contributed by atoms with Crippen molar-refractivity contribution in [3.8, 4) is 96.7 Å². The first-order valence-electron chi connectivity index (χ1n) is 23.5. The standard InChI is InChI=1S/C60H47N7/c1-37-29-39-31-38(2)60(46(30-37)32-39)52-26-16-15-25-47(52)48-28-27-44(34-53(48)60)49-33-45(36-61)50(58-64-54(40-17-7-3-8-18-40)62-55(65-58)41-19-9-4-10-20-41)35-51(49)59-66-56(42-21-11-5-12-22-42)63-57(67-59)43-23-13-6-14-24-43/h3-28,33-35,37-39,46H,29-32H2,1-2H3. The minimum absolute atomic E-state index is 0.119. The monoisotopic (exact) mass is 865 g/mol. The van der Waals surface area contributed by atoms with Gasteiger partial charge in [-0.3, -0.25) is 0 Å². The van der Waals surface area contributed by atoms with E-state index in [1.807, 2.05) is 133 Å². The van der Waals surface area contributed by atoms with E-state index in [1.165, 1.54) is 47.9 Å². The third-order valence-corrected chi connectivity index (χ3v) is 14.7. The number of fused-ring (bicyclic) bond motifs is 8. The predicted octanol–water partition coefficient (Wildman–Crippen LogP) is 14.0. The smallest absolute Gasteiger partial charge is 0.165 e. The normalized spacial score (nSPS) is 20.2. The van der Waals surface area contributed by atoms with Gasteiger partial charge in [-0.2, -0.15) is 5.26 Å². The van der Waals surface area contributed by atoms with Gasteiger partial charge in [-0.25, -0.2) is 29.9 Å². The Hall–Kier alpha value is -7.95. The van der Waals surface area contributed by atoms with Gasteiger partial charge in [0.1, 0.15) is 0 Å². The van der Waals surface area contributed by atoms with Crippen LogP contribution in [0.5, 0.6) is 0 Å². The Morgan fingerprint density at radius 2 is 0.881 bits per heavy atom. The maximum Gasteiger partial charge on any atom is 0.165 e. The molecule has 7 heteroatoms. The molecular formula is C60H47N7. The number of nitriles is 1. The molecule has 9 aromatic rings. The lowest BCUT2D eigenvalue weighted by molar-refractivity contribution is 0.0426. The van der Waals surface area contributed by atoms with E-state index in [0.29, 0.717) is 63.8 Å². The lowest BCUT2D eigenvalue weighted by Gasteiger charge is -2.54. The molecule has 2 fully saturated rings. The van der Waals surface area contributed by atoms with Crippen LogP contribution in [0.2, 0.25) is 0 Å². The van der Waals surface area contributed by atoms with Crippen LogP contribution in [0.3, 0.4) is 0 Å². The quantitative estimate of drug-likeness (QED) is 0.157. The van der Waals surface area contributed by atoms with Crippen LogP contribution in [0, 0.1) is 35.0 Å². The molecule has 3 aliphatic rings. The van der Waals surface area contributed by atoms with E-state index in [0.717, 1.165) is 44.9 Å². The molecule has 7 aromatic carbocycles. The Labute approximate surface area is 391 Å². The molecule has 0 aliphatic heterocycles. The Kier molecular flexibility index (Phi) is 9.98. The molecule has 7 nitrogen and oxygen atoms in total. The van der Waals surface area contributed by atoms with Crippen molar-refractivity contribution in [2.75, 3.05) is 0 Å². The summed E-state index contributed by atoms with van der Waals surface area (Å²) < 4.78 is 0. The van der Waals surface area contributed by atoms with Crippen molar-refractivity contribution in [2.24, 2.45) is 23.7 Å². The zero-order valence-electron chi connectivity index (χ0n) is 37.5. The molecule has 5 unspecified atom stereocenters. The van der Waals surface area contributed by atoms with Gasteiger partial charge < -0.3 is 0 Å². The molecule has 0 amide bonds. The molecule has 5 atom stereocenters. The highest BCUT2D eigenvalue weighted by Crippen LogP contribution is 2.65. The number of nitrogens with zero attached hydrogens (tertiary/aromatic N) is 7. The van der Waals surface area contributed by atoms with Gasteiger partial charge in [-0.1, -0.05) is 172 Å². The summed E-state index contributed by atoms with van der Waals surface area (Å²) in [6.45, 7) is 4.96. The van der Waals surface area contributed by atoms with Crippen LogP contribution in [-0.2, 0) is 5.41 Å². The SMILES string of the molecule is CC1CC2CC(C)C3(c4ccccc4-c4ccc(-c5cc(C#N)c(-c6nc(-c7ccccc7)nc(-c7ccccc7)n6)cc5-c5nc(-c6ccccc6)nc(-c6ccccc6)n5)cc43)C(C1)C2. The van der Waals surface area contributed by atoms with E-state index in [9.17, 15) is 5.26 Å². The highest BCUT2D eigenvalue weighted by atomic mass is 15.0. The summed E-state index contributed by atoms with van der Waals surface area (Å²) in [6, 6.07) is 62.7. The van der Waals surface area contributed by atoms with E-state index >= 15 is 0 Å². The average molecular weight is 866 g/mol. The molecule has 0 radical (unpaired) electrons. The number of benzene rings is 7. The maximum atomic E-state index is 11.2. The van der Waals surface area contributed by atoms with Gasteiger partial charge in [-0.15, -0.1) is 0 Å². The zero-order valence-corrected chi connectivity index (χ0v) is 37.5. The molecule has 2 heterocycles. The lowest BCUT2D eigenvalue weighted by atomic mass is 9.49. The minimum Gasteiger partial charge on any atom is -0.208 e. The van der Waals surface area contributed by atoms with Crippen molar-refractivity contribution < 1.29 is 0 Å². The van der Waals surface area contributed by atoms with Gasteiger partial charge in [-0.05, 0) is 101 Å². The molecule has 3 aliphatic carbocycles. The lowest BCUT2D eigenvalue weighted by Crippen LogP contribution is -2.49. The second-order valence-electron chi connectivity index (χ2n) is 18.8. The van der Waals surface area contributed by atoms with Crippen molar-refractivity contribution in [3.63, 3.8) is 0 Å². The highest BCUT2D eigenvalue weighted by Gasteiger charge is 2.56. The van der Waals surface area contributed by atoms with E-state index in [1.54, 1.807) is 0 Å². The largest absolute Gasteiger partial charge is 0.208 e.